The molecule has 1 aromatic carbocycles. The number of aromatic nitrogens is 1. The van der Waals surface area contributed by atoms with E-state index in [2.05, 4.69) is 4.98 Å². The van der Waals surface area contributed by atoms with Crippen LogP contribution in [0.2, 0.25) is 5.02 Å². The van der Waals surface area contributed by atoms with Crippen molar-refractivity contribution in [3.05, 3.63) is 64.4 Å². The molecule has 0 amide bonds. The molecule has 0 aliphatic heterocycles. The third-order valence-electron chi connectivity index (χ3n) is 2.65. The van der Waals surface area contributed by atoms with Gasteiger partial charge in [0.1, 0.15) is 0 Å². The maximum atomic E-state index is 12.0. The first kappa shape index (κ1) is 11.8. The summed E-state index contributed by atoms with van der Waals surface area (Å²) in [5.41, 5.74) is 2.32. The number of rotatable bonds is 3. The molecule has 0 bridgehead atoms. The number of carbonyl (C=O) groups is 1. The van der Waals surface area contributed by atoms with Crippen LogP contribution < -0.4 is 0 Å². The summed E-state index contributed by atoms with van der Waals surface area (Å²) in [6, 6.07) is 10.9. The maximum absolute atomic E-state index is 12.0. The van der Waals surface area contributed by atoms with Crippen LogP contribution in [0.25, 0.3) is 0 Å². The number of nitrogens with zero attached hydrogens (tertiary/aromatic N) is 1. The van der Waals surface area contributed by atoms with Crippen molar-refractivity contribution in [2.45, 2.75) is 13.3 Å². The van der Waals surface area contributed by atoms with Crippen LogP contribution in [0, 0.1) is 6.92 Å². The van der Waals surface area contributed by atoms with Crippen molar-refractivity contribution in [1.29, 1.82) is 0 Å². The van der Waals surface area contributed by atoms with Crippen LogP contribution in [-0.2, 0) is 6.42 Å². The number of aryl methyl sites for hydroxylation is 1. The van der Waals surface area contributed by atoms with Gasteiger partial charge in [-0.1, -0.05) is 41.9 Å². The monoisotopic (exact) mass is 245 g/mol. The minimum atomic E-state index is 0.0589. The fourth-order valence-corrected chi connectivity index (χ4v) is 1.92. The van der Waals surface area contributed by atoms with Crippen LogP contribution >= 0.6 is 11.6 Å². The molecule has 2 aromatic rings. The number of Topliss-reactive ketones (excluding diaryl/α,β-unsaturated/α-hetero) is 1. The van der Waals surface area contributed by atoms with E-state index in [0.717, 1.165) is 11.3 Å². The Bertz CT molecular complexity index is 517. The maximum Gasteiger partial charge on any atom is 0.167 e. The number of pyridine rings is 1. The zero-order valence-corrected chi connectivity index (χ0v) is 10.2. The highest BCUT2D eigenvalue weighted by Gasteiger charge is 2.11. The topological polar surface area (TPSA) is 30.0 Å². The second-order valence-corrected chi connectivity index (χ2v) is 4.23. The average Bonchev–Trinajstić information content (AvgIpc) is 2.35. The Morgan fingerprint density at radius 2 is 1.94 bits per heavy atom. The first-order valence-corrected chi connectivity index (χ1v) is 5.74. The van der Waals surface area contributed by atoms with Gasteiger partial charge in [-0.05, 0) is 18.6 Å². The molecule has 86 valence electrons. The van der Waals surface area contributed by atoms with Gasteiger partial charge in [0.25, 0.3) is 0 Å². The summed E-state index contributed by atoms with van der Waals surface area (Å²) in [5.74, 6) is 0.0589. The van der Waals surface area contributed by atoms with Crippen molar-refractivity contribution in [1.82, 2.24) is 4.98 Å². The summed E-state index contributed by atoms with van der Waals surface area (Å²) in [6.45, 7) is 1.86. The van der Waals surface area contributed by atoms with Crippen LogP contribution in [0.4, 0.5) is 0 Å². The zero-order valence-electron chi connectivity index (χ0n) is 9.48. The molecule has 0 radical (unpaired) electrons. The molecule has 0 aliphatic rings. The van der Waals surface area contributed by atoms with E-state index in [-0.39, 0.29) is 5.78 Å². The van der Waals surface area contributed by atoms with Crippen molar-refractivity contribution < 1.29 is 4.79 Å². The van der Waals surface area contributed by atoms with Gasteiger partial charge in [0.15, 0.2) is 5.78 Å². The van der Waals surface area contributed by atoms with E-state index in [1.807, 2.05) is 37.3 Å². The molecule has 0 unspecified atom stereocenters. The van der Waals surface area contributed by atoms with E-state index < -0.39 is 0 Å². The number of halogens is 1. The fraction of sp³-hybridized carbons (Fsp3) is 0.143. The van der Waals surface area contributed by atoms with E-state index in [0.29, 0.717) is 17.0 Å². The number of benzene rings is 1. The summed E-state index contributed by atoms with van der Waals surface area (Å²) in [5, 5.41) is 0.599. The van der Waals surface area contributed by atoms with E-state index >= 15 is 0 Å². The third kappa shape index (κ3) is 2.71. The highest BCUT2D eigenvalue weighted by Crippen LogP contribution is 2.19. The lowest BCUT2D eigenvalue weighted by Gasteiger charge is -2.06. The molecule has 1 heterocycles. The number of hydrogen-bond donors (Lipinski definition) is 0. The molecule has 1 aromatic heterocycles. The smallest absolute Gasteiger partial charge is 0.167 e. The quantitative estimate of drug-likeness (QED) is 0.775. The van der Waals surface area contributed by atoms with E-state index in [9.17, 15) is 4.79 Å². The van der Waals surface area contributed by atoms with Gasteiger partial charge in [-0.15, -0.1) is 0 Å². The Hall–Kier alpha value is -1.67. The Morgan fingerprint density at radius 1 is 1.24 bits per heavy atom. The molecule has 0 spiro atoms. The Morgan fingerprint density at radius 3 is 2.59 bits per heavy atom. The molecule has 0 atom stereocenters. The highest BCUT2D eigenvalue weighted by atomic mass is 35.5. The van der Waals surface area contributed by atoms with Gasteiger partial charge in [0.05, 0.1) is 0 Å². The third-order valence-corrected chi connectivity index (χ3v) is 3.00. The van der Waals surface area contributed by atoms with Gasteiger partial charge in [-0.2, -0.15) is 0 Å². The lowest BCUT2D eigenvalue weighted by molar-refractivity contribution is 0.0992. The van der Waals surface area contributed by atoms with Crippen LogP contribution in [0.15, 0.2) is 42.6 Å². The molecule has 17 heavy (non-hydrogen) atoms. The van der Waals surface area contributed by atoms with E-state index in [1.165, 1.54) is 0 Å². The van der Waals surface area contributed by atoms with Gasteiger partial charge >= 0.3 is 0 Å². The fourth-order valence-electron chi connectivity index (χ4n) is 1.66. The summed E-state index contributed by atoms with van der Waals surface area (Å²) in [4.78, 5) is 16.2. The standard InChI is InChI=1S/C14H12ClNO/c1-10-12(13(15)7-8-16-10)9-14(17)11-5-3-2-4-6-11/h2-8H,9H2,1H3. The van der Waals surface area contributed by atoms with Crippen molar-refractivity contribution in [3.8, 4) is 0 Å². The summed E-state index contributed by atoms with van der Waals surface area (Å²) in [6.07, 6.45) is 1.94. The zero-order chi connectivity index (χ0) is 12.3. The SMILES string of the molecule is Cc1nccc(Cl)c1CC(=O)c1ccccc1. The van der Waals surface area contributed by atoms with Gasteiger partial charge < -0.3 is 0 Å². The molecule has 0 N–H and O–H groups in total. The van der Waals surface area contributed by atoms with Crippen LogP contribution in [0.3, 0.4) is 0 Å². The second kappa shape index (κ2) is 5.11. The molecular formula is C14H12ClNO. The van der Waals surface area contributed by atoms with Crippen molar-refractivity contribution in [3.63, 3.8) is 0 Å². The molecule has 2 rings (SSSR count). The normalized spacial score (nSPS) is 10.2. The van der Waals surface area contributed by atoms with Gasteiger partial charge in [0, 0.05) is 28.9 Å². The van der Waals surface area contributed by atoms with Gasteiger partial charge in [-0.25, -0.2) is 0 Å². The predicted molar refractivity (Wildman–Crippen MR) is 68.5 cm³/mol. The molecular weight excluding hydrogens is 234 g/mol. The number of hydrogen-bond acceptors (Lipinski definition) is 2. The summed E-state index contributed by atoms with van der Waals surface area (Å²) in [7, 11) is 0. The average molecular weight is 246 g/mol. The molecule has 0 saturated carbocycles. The van der Waals surface area contributed by atoms with Gasteiger partial charge in [-0.3, -0.25) is 9.78 Å². The molecule has 3 heteroatoms. The number of carbonyl (C=O) groups excluding carboxylic acids is 1. The summed E-state index contributed by atoms with van der Waals surface area (Å²) >= 11 is 6.07. The highest BCUT2D eigenvalue weighted by molar-refractivity contribution is 6.31. The van der Waals surface area contributed by atoms with Crippen LogP contribution in [-0.4, -0.2) is 10.8 Å². The Kier molecular flexibility index (Phi) is 3.55. The minimum Gasteiger partial charge on any atom is -0.294 e. The molecule has 2 nitrogen and oxygen atoms in total. The summed E-state index contributed by atoms with van der Waals surface area (Å²) < 4.78 is 0. The van der Waals surface area contributed by atoms with E-state index in [1.54, 1.807) is 12.3 Å². The largest absolute Gasteiger partial charge is 0.294 e. The molecule has 0 saturated heterocycles. The first-order valence-electron chi connectivity index (χ1n) is 5.36. The lowest BCUT2D eigenvalue weighted by Crippen LogP contribution is -2.06. The van der Waals surface area contributed by atoms with Gasteiger partial charge in [0.2, 0.25) is 0 Å². The van der Waals surface area contributed by atoms with Crippen molar-refractivity contribution in [2.75, 3.05) is 0 Å². The van der Waals surface area contributed by atoms with Crippen molar-refractivity contribution in [2.24, 2.45) is 0 Å². The second-order valence-electron chi connectivity index (χ2n) is 3.82. The van der Waals surface area contributed by atoms with E-state index in [4.69, 9.17) is 11.6 Å². The van der Waals surface area contributed by atoms with Crippen molar-refractivity contribution >= 4 is 17.4 Å². The Balaban J connectivity index is 2.25. The first-order chi connectivity index (χ1) is 8.18. The number of ketones is 1. The Labute approximate surface area is 105 Å². The van der Waals surface area contributed by atoms with Crippen LogP contribution in [0.5, 0.6) is 0 Å². The molecule has 0 fully saturated rings. The lowest BCUT2D eigenvalue weighted by atomic mass is 10.0. The van der Waals surface area contributed by atoms with Crippen LogP contribution in [0.1, 0.15) is 21.6 Å². The minimum absolute atomic E-state index is 0.0589. The molecule has 0 aliphatic carbocycles. The predicted octanol–water partition coefficient (Wildman–Crippen LogP) is 3.47.